The van der Waals surface area contributed by atoms with E-state index in [9.17, 15) is 14.7 Å². The number of aliphatic hydroxyl groups excluding tert-OH is 1. The minimum atomic E-state index is -0.673. The Labute approximate surface area is 324 Å². The van der Waals surface area contributed by atoms with E-state index in [4.69, 9.17) is 24.6 Å². The number of carbonyl (C=O) groups excluding carboxylic acids is 2. The van der Waals surface area contributed by atoms with E-state index in [1.54, 1.807) is 24.3 Å². The normalized spacial score (nSPS) is 16.7. The fourth-order valence-electron chi connectivity index (χ4n) is 6.31. The number of nitrogen functional groups attached to an aromatic ring is 1. The van der Waals surface area contributed by atoms with Gasteiger partial charge in [-0.05, 0) is 41.8 Å². The summed E-state index contributed by atoms with van der Waals surface area (Å²) in [6.07, 6.45) is 0.219. The van der Waals surface area contributed by atoms with Crippen LogP contribution in [0, 0.1) is 0 Å². The van der Waals surface area contributed by atoms with Gasteiger partial charge in [-0.1, -0.05) is 121 Å². The molecule has 1 aliphatic heterocycles. The quantitative estimate of drug-likeness (QED) is 0.0631. The van der Waals surface area contributed by atoms with E-state index in [1.165, 1.54) is 11.8 Å². The number of oxazole rings is 1. The summed E-state index contributed by atoms with van der Waals surface area (Å²) in [7, 11) is 0. The number of hydrogen-bond acceptors (Lipinski definition) is 9. The third-order valence-electron chi connectivity index (χ3n) is 9.21. The Balaban J connectivity index is 1.01. The first kappa shape index (κ1) is 37.6. The smallest absolute Gasteiger partial charge is 0.256 e. The predicted molar refractivity (Wildman–Crippen MR) is 215 cm³/mol. The summed E-state index contributed by atoms with van der Waals surface area (Å²) in [5.74, 6) is 0.897. The maximum Gasteiger partial charge on any atom is 0.256 e. The lowest BCUT2D eigenvalue weighted by molar-refractivity contribution is -0.245. The monoisotopic (exact) mass is 754 g/mol. The summed E-state index contributed by atoms with van der Waals surface area (Å²) >= 11 is 1.50. The second-order valence-corrected chi connectivity index (χ2v) is 14.2. The van der Waals surface area contributed by atoms with Gasteiger partial charge in [-0.2, -0.15) is 0 Å². The first-order valence-electron chi connectivity index (χ1n) is 18.2. The number of hydrogen-bond donors (Lipinski definition) is 4. The third kappa shape index (κ3) is 9.88. The molecule has 0 radical (unpaired) electrons. The van der Waals surface area contributed by atoms with Crippen LogP contribution in [0.15, 0.2) is 143 Å². The molecule has 6 aromatic rings. The largest absolute Gasteiger partial charge is 0.431 e. The highest BCUT2D eigenvalue weighted by atomic mass is 32.2. The van der Waals surface area contributed by atoms with Gasteiger partial charge < -0.3 is 35.4 Å². The minimum absolute atomic E-state index is 0.0368. The molecule has 0 aliphatic carbocycles. The van der Waals surface area contributed by atoms with Crippen molar-refractivity contribution in [2.24, 2.45) is 0 Å². The van der Waals surface area contributed by atoms with Crippen LogP contribution in [0.1, 0.15) is 54.8 Å². The highest BCUT2D eigenvalue weighted by Gasteiger charge is 2.33. The molecule has 3 atom stereocenters. The Bertz CT molecular complexity index is 2120. The van der Waals surface area contributed by atoms with Crippen molar-refractivity contribution < 1.29 is 28.6 Å². The maximum absolute atomic E-state index is 12.7. The molecule has 1 aliphatic rings. The highest BCUT2D eigenvalue weighted by Crippen LogP contribution is 2.41. The van der Waals surface area contributed by atoms with Crippen molar-refractivity contribution in [3.63, 3.8) is 0 Å². The zero-order chi connectivity index (χ0) is 38.0. The van der Waals surface area contributed by atoms with Crippen molar-refractivity contribution >= 4 is 40.6 Å². The molecule has 0 bridgehead atoms. The summed E-state index contributed by atoms with van der Waals surface area (Å²) in [6, 6.07) is 42.2. The van der Waals surface area contributed by atoms with Crippen LogP contribution in [0.2, 0.25) is 0 Å². The molecule has 2 amide bonds. The van der Waals surface area contributed by atoms with Gasteiger partial charge in [-0.3, -0.25) is 9.59 Å². The average molecular weight is 755 g/mol. The number of nitrogens with two attached hydrogens (primary N) is 1. The highest BCUT2D eigenvalue weighted by molar-refractivity contribution is 7.99. The second-order valence-electron chi connectivity index (χ2n) is 13.2. The minimum Gasteiger partial charge on any atom is -0.431 e. The van der Waals surface area contributed by atoms with Crippen LogP contribution < -0.4 is 16.4 Å². The standard InChI is InChI=1S/C44H42N4O6S/c45-36-14-7-8-15-37(36)47-40(51)17-9-16-39(50)46-34-24-22-33(23-25-34)43-52-35(26-38(53-43)30-20-18-29(27-49)19-21-30)28-55-44-48-41(31-10-3-1-4-11-31)42(54-44)32-12-5-2-6-13-32/h1-8,10-15,18-25,35,38,43,49H,9,16-17,26-28,45H2,(H,46,50)(H,47,51)/t35-,38+,43+/m0/s1. The summed E-state index contributed by atoms with van der Waals surface area (Å²) in [4.78, 5) is 30.0. The Hall–Kier alpha value is -5.72. The number of aromatic nitrogens is 1. The summed E-state index contributed by atoms with van der Waals surface area (Å²) < 4.78 is 19.5. The van der Waals surface area contributed by atoms with E-state index >= 15 is 0 Å². The fourth-order valence-corrected chi connectivity index (χ4v) is 7.15. The summed E-state index contributed by atoms with van der Waals surface area (Å²) in [6.45, 7) is -0.0368. The van der Waals surface area contributed by atoms with E-state index in [1.807, 2.05) is 109 Å². The number of amides is 2. The number of nitrogens with zero attached hydrogens (tertiary/aromatic N) is 1. The van der Waals surface area contributed by atoms with Crippen molar-refractivity contribution in [3.8, 4) is 22.6 Å². The van der Waals surface area contributed by atoms with Gasteiger partial charge in [0.2, 0.25) is 11.8 Å². The Morgan fingerprint density at radius 1 is 0.745 bits per heavy atom. The molecule has 280 valence electrons. The Kier molecular flexibility index (Phi) is 12.4. The number of para-hydroxylation sites is 2. The third-order valence-corrected chi connectivity index (χ3v) is 10.2. The SMILES string of the molecule is Nc1ccccc1NC(=O)CCCC(=O)Nc1ccc([C@@H]2O[C@H](CSc3nc(-c4ccccc4)c(-c4ccccc4)o3)C[C@H](c3ccc(CO)cc3)O2)cc1. The van der Waals surface area contributed by atoms with E-state index in [0.29, 0.717) is 46.6 Å². The van der Waals surface area contributed by atoms with Crippen LogP contribution >= 0.6 is 11.8 Å². The van der Waals surface area contributed by atoms with Crippen LogP contribution in [0.3, 0.4) is 0 Å². The average Bonchev–Trinajstić information content (AvgIpc) is 3.66. The van der Waals surface area contributed by atoms with E-state index in [0.717, 1.165) is 33.5 Å². The maximum atomic E-state index is 12.7. The van der Waals surface area contributed by atoms with E-state index in [-0.39, 0.29) is 43.5 Å². The van der Waals surface area contributed by atoms with Gasteiger partial charge in [-0.25, -0.2) is 4.98 Å². The van der Waals surface area contributed by atoms with Crippen LogP contribution in [-0.4, -0.2) is 33.8 Å². The van der Waals surface area contributed by atoms with Crippen LogP contribution in [0.4, 0.5) is 17.1 Å². The number of aliphatic hydroxyl groups is 1. The molecule has 0 saturated carbocycles. The molecule has 0 unspecified atom stereocenters. The molecular weight excluding hydrogens is 713 g/mol. The summed E-state index contributed by atoms with van der Waals surface area (Å²) in [5, 5.41) is 15.9. The van der Waals surface area contributed by atoms with Crippen molar-refractivity contribution in [1.29, 1.82) is 0 Å². The Morgan fingerprint density at radius 2 is 1.38 bits per heavy atom. The van der Waals surface area contributed by atoms with Gasteiger partial charge in [-0.15, -0.1) is 0 Å². The molecule has 2 heterocycles. The van der Waals surface area contributed by atoms with Gasteiger partial charge in [0.1, 0.15) is 5.69 Å². The Morgan fingerprint density at radius 3 is 2.07 bits per heavy atom. The lowest BCUT2D eigenvalue weighted by Gasteiger charge is -2.36. The predicted octanol–water partition coefficient (Wildman–Crippen LogP) is 9.17. The number of benzene rings is 5. The first-order valence-corrected chi connectivity index (χ1v) is 19.2. The van der Waals surface area contributed by atoms with Crippen molar-refractivity contribution in [2.45, 2.75) is 56.0 Å². The van der Waals surface area contributed by atoms with E-state index in [2.05, 4.69) is 10.6 Å². The molecular formula is C44H42N4O6S. The van der Waals surface area contributed by atoms with E-state index < -0.39 is 6.29 Å². The van der Waals surface area contributed by atoms with Gasteiger partial charge in [0.15, 0.2) is 12.1 Å². The number of carbonyl (C=O) groups is 2. The molecule has 7 rings (SSSR count). The molecule has 1 saturated heterocycles. The lowest BCUT2D eigenvalue weighted by Crippen LogP contribution is -2.31. The topological polar surface area (TPSA) is 149 Å². The molecule has 5 aromatic carbocycles. The zero-order valence-electron chi connectivity index (χ0n) is 30.1. The number of rotatable bonds is 14. The first-order chi connectivity index (χ1) is 26.9. The van der Waals surface area contributed by atoms with Gasteiger partial charge in [0.25, 0.3) is 5.22 Å². The molecule has 10 nitrogen and oxygen atoms in total. The zero-order valence-corrected chi connectivity index (χ0v) is 30.9. The van der Waals surface area contributed by atoms with Crippen LogP contribution in [0.25, 0.3) is 22.6 Å². The van der Waals surface area contributed by atoms with Crippen LogP contribution in [-0.2, 0) is 25.7 Å². The van der Waals surface area contributed by atoms with Crippen molar-refractivity contribution in [1.82, 2.24) is 4.98 Å². The van der Waals surface area contributed by atoms with Gasteiger partial charge in [0.05, 0.1) is 30.2 Å². The number of anilines is 3. The number of nitrogens with one attached hydrogen (secondary N) is 2. The van der Waals surface area contributed by atoms with Crippen molar-refractivity contribution in [2.75, 3.05) is 22.1 Å². The fraction of sp³-hybridized carbons (Fsp3) is 0.205. The number of thioether (sulfide) groups is 1. The molecule has 11 heteroatoms. The lowest BCUT2D eigenvalue weighted by atomic mass is 10.0. The molecule has 55 heavy (non-hydrogen) atoms. The summed E-state index contributed by atoms with van der Waals surface area (Å²) in [5.41, 5.74) is 12.9. The van der Waals surface area contributed by atoms with Crippen molar-refractivity contribution in [3.05, 3.63) is 150 Å². The molecule has 1 aromatic heterocycles. The molecule has 0 spiro atoms. The molecule has 5 N–H and O–H groups in total. The number of ether oxygens (including phenoxy) is 2. The van der Waals surface area contributed by atoms with Gasteiger partial charge >= 0.3 is 0 Å². The second kappa shape index (κ2) is 18.1. The van der Waals surface area contributed by atoms with Gasteiger partial charge in [0, 0.05) is 47.4 Å². The molecule has 1 fully saturated rings. The van der Waals surface area contributed by atoms with Crippen LogP contribution in [0.5, 0.6) is 0 Å².